The third-order valence-corrected chi connectivity index (χ3v) is 13.9. The van der Waals surface area contributed by atoms with Gasteiger partial charge in [-0.3, -0.25) is 29.2 Å². The molecule has 17 heteroatoms. The van der Waals surface area contributed by atoms with E-state index in [2.05, 4.69) is 60.3 Å². The molecule has 0 spiro atoms. The van der Waals surface area contributed by atoms with E-state index in [4.69, 9.17) is 24.2 Å². The molecule has 2 fully saturated rings. The number of carbonyl (C=O) groups excluding carboxylic acids is 5. The molecule has 2 N–H and O–H groups in total. The van der Waals surface area contributed by atoms with Crippen LogP contribution in [0.1, 0.15) is 104 Å². The smallest absolute Gasteiger partial charge is 0.410 e. The van der Waals surface area contributed by atoms with Gasteiger partial charge < -0.3 is 33.9 Å². The number of cyclic esters (lactones) is 1. The van der Waals surface area contributed by atoms with Crippen molar-refractivity contribution in [1.82, 2.24) is 40.1 Å². The maximum atomic E-state index is 14.7. The lowest BCUT2D eigenvalue weighted by molar-refractivity contribution is -0.155. The Hall–Kier alpha value is -5.39. The first-order chi connectivity index (χ1) is 31.7. The van der Waals surface area contributed by atoms with Gasteiger partial charge in [-0.1, -0.05) is 33.8 Å². The van der Waals surface area contributed by atoms with Crippen molar-refractivity contribution in [2.45, 2.75) is 131 Å². The zero-order chi connectivity index (χ0) is 48.5. The van der Waals surface area contributed by atoms with Crippen molar-refractivity contribution in [3.8, 4) is 22.5 Å². The summed E-state index contributed by atoms with van der Waals surface area (Å²) in [6.45, 7) is 19.1. The molecule has 0 radical (unpaired) electrons. The van der Waals surface area contributed by atoms with Crippen LogP contribution in [0.3, 0.4) is 0 Å². The fraction of sp³-hybridized carbons (Fsp3) is 0.580. The molecule has 1 unspecified atom stereocenters. The molecule has 4 aromatic rings. The second-order valence-corrected chi connectivity index (χ2v) is 21.3. The summed E-state index contributed by atoms with van der Waals surface area (Å²) in [4.78, 5) is 82.8. The Morgan fingerprint density at radius 2 is 1.87 bits per heavy atom. The molecule has 3 aliphatic rings. The summed E-state index contributed by atoms with van der Waals surface area (Å²) in [6.07, 6.45) is 3.12. The fourth-order valence-corrected chi connectivity index (χ4v) is 10.5. The number of hydrazine groups is 1. The number of likely N-dealkylation sites (tertiary alicyclic amines) is 1. The molecule has 0 aliphatic carbocycles. The second-order valence-electron chi connectivity index (χ2n) is 20.3. The predicted octanol–water partition coefficient (Wildman–Crippen LogP) is 6.94. The van der Waals surface area contributed by atoms with Gasteiger partial charge in [0.15, 0.2) is 0 Å². The lowest BCUT2D eigenvalue weighted by Crippen LogP contribution is -2.62. The quantitative estimate of drug-likeness (QED) is 0.166. The van der Waals surface area contributed by atoms with Crippen LogP contribution in [0.4, 0.5) is 4.79 Å². The van der Waals surface area contributed by atoms with E-state index in [0.29, 0.717) is 50.3 Å². The number of rotatable bonds is 9. The first kappa shape index (κ1) is 49.5. The molecule has 0 saturated carbocycles. The van der Waals surface area contributed by atoms with E-state index < -0.39 is 58.9 Å². The predicted molar refractivity (Wildman–Crippen MR) is 257 cm³/mol. The number of nitrogens with zero attached hydrogens (tertiary/aromatic N) is 6. The highest BCUT2D eigenvalue weighted by Gasteiger charge is 2.41. The third kappa shape index (κ3) is 10.8. The molecule has 3 aliphatic heterocycles. The number of hydrogen-bond donors (Lipinski definition) is 2. The summed E-state index contributed by atoms with van der Waals surface area (Å²) in [5.41, 5.74) is 8.56. The van der Waals surface area contributed by atoms with Crippen LogP contribution in [-0.2, 0) is 52.8 Å². The lowest BCUT2D eigenvalue weighted by Gasteiger charge is -2.37. The molecule has 6 heterocycles. The third-order valence-electron chi connectivity index (χ3n) is 13.0. The molecule has 6 bridgehead atoms. The molecule has 7 rings (SSSR count). The minimum Gasteiger partial charge on any atom is -0.464 e. The molecule has 3 aromatic heterocycles. The van der Waals surface area contributed by atoms with Gasteiger partial charge in [0.25, 0.3) is 5.91 Å². The summed E-state index contributed by atoms with van der Waals surface area (Å²) < 4.78 is 19.8. The number of nitrogens with one attached hydrogen (secondary N) is 2. The van der Waals surface area contributed by atoms with Crippen LogP contribution >= 0.6 is 11.3 Å². The number of pyridine rings is 1. The van der Waals surface area contributed by atoms with Crippen LogP contribution in [0.2, 0.25) is 0 Å². The van der Waals surface area contributed by atoms with Crippen LogP contribution in [0.5, 0.6) is 0 Å². The number of hydrogen-bond acceptors (Lipinski definition) is 12. The van der Waals surface area contributed by atoms with Gasteiger partial charge in [0.05, 0.1) is 40.7 Å². The van der Waals surface area contributed by atoms with Gasteiger partial charge in [0.2, 0.25) is 11.8 Å². The molecule has 1 aromatic carbocycles. The highest BCUT2D eigenvalue weighted by atomic mass is 32.1. The number of benzene rings is 1. The molecular formula is C50H68N8O8S. The minimum atomic E-state index is -1.09. The summed E-state index contributed by atoms with van der Waals surface area (Å²) in [5.74, 6) is -2.50. The number of aromatic nitrogens is 3. The van der Waals surface area contributed by atoms with Crippen LogP contribution in [0.15, 0.2) is 41.9 Å². The Kier molecular flexibility index (Phi) is 14.8. The van der Waals surface area contributed by atoms with Crippen molar-refractivity contribution in [2.24, 2.45) is 17.3 Å². The largest absolute Gasteiger partial charge is 0.464 e. The van der Waals surface area contributed by atoms with Crippen molar-refractivity contribution < 1.29 is 38.2 Å². The average molecular weight is 941 g/mol. The zero-order valence-electron chi connectivity index (χ0n) is 40.9. The van der Waals surface area contributed by atoms with Gasteiger partial charge in [-0.25, -0.2) is 15.2 Å². The number of fused-ring (bicyclic) bond motifs is 6. The van der Waals surface area contributed by atoms with Gasteiger partial charge in [0, 0.05) is 85.8 Å². The number of aryl methyl sites for hydroxylation is 1. The first-order valence-electron chi connectivity index (χ1n) is 23.6. The van der Waals surface area contributed by atoms with Gasteiger partial charge >= 0.3 is 12.1 Å². The van der Waals surface area contributed by atoms with Gasteiger partial charge in [-0.2, -0.15) is 0 Å². The van der Waals surface area contributed by atoms with Crippen molar-refractivity contribution in [3.63, 3.8) is 0 Å². The van der Waals surface area contributed by atoms with E-state index in [9.17, 15) is 24.0 Å². The average Bonchev–Trinajstić information content (AvgIpc) is 4.04. The van der Waals surface area contributed by atoms with E-state index >= 15 is 0 Å². The number of esters is 1. The minimum absolute atomic E-state index is 0.0675. The molecule has 2 saturated heterocycles. The van der Waals surface area contributed by atoms with Crippen molar-refractivity contribution in [1.29, 1.82) is 0 Å². The second kappa shape index (κ2) is 20.1. The summed E-state index contributed by atoms with van der Waals surface area (Å²) in [5, 5.41) is 8.09. The van der Waals surface area contributed by atoms with Crippen LogP contribution in [0, 0.1) is 17.3 Å². The number of amides is 4. The van der Waals surface area contributed by atoms with E-state index in [-0.39, 0.29) is 37.5 Å². The topological polar surface area (TPSA) is 178 Å². The van der Waals surface area contributed by atoms with E-state index in [1.54, 1.807) is 41.1 Å². The number of carbonyl (C=O) groups is 5. The Labute approximate surface area is 398 Å². The van der Waals surface area contributed by atoms with Crippen molar-refractivity contribution in [3.05, 3.63) is 58.2 Å². The summed E-state index contributed by atoms with van der Waals surface area (Å²) in [7, 11) is 3.28. The van der Waals surface area contributed by atoms with Crippen LogP contribution in [0.25, 0.3) is 33.4 Å². The Bertz CT molecular complexity index is 2490. The standard InChI is InChI=1S/C50H68N8O8S/c1-12-57-39-18-17-31-23-34(39)35(43(57)33-15-13-20-51-41(33)30(4)64-11)25-50(8,9)28-65-47(62)36-16-14-21-58(54-36)46(61)37(24-40-52-38(31)27-67-40)53-44(59)42(29(2)3)55(10)45(60)32-19-22-56(26-32)48(63)66-49(5,6)7/h13,15,17-18,20,23,27,29-30,32,36-37,42,54H,12,14,16,19,21-22,24-26,28H2,1-11H3,(H,53,59)/t30-,32?,36-,37-,42-/m0/s1. The number of ether oxygens (including phenoxy) is 3. The van der Waals surface area contributed by atoms with E-state index in [0.717, 1.165) is 44.7 Å². The Balaban J connectivity index is 1.24. The molecular weight excluding hydrogens is 873 g/mol. The molecule has 16 nitrogen and oxygen atoms in total. The first-order valence-corrected chi connectivity index (χ1v) is 24.4. The van der Waals surface area contributed by atoms with Crippen molar-refractivity contribution in [2.75, 3.05) is 40.4 Å². The van der Waals surface area contributed by atoms with Gasteiger partial charge in [-0.15, -0.1) is 11.3 Å². The highest BCUT2D eigenvalue weighted by molar-refractivity contribution is 7.10. The van der Waals surface area contributed by atoms with E-state index in [1.807, 2.05) is 32.2 Å². The highest BCUT2D eigenvalue weighted by Crippen LogP contribution is 2.42. The molecule has 67 heavy (non-hydrogen) atoms. The van der Waals surface area contributed by atoms with E-state index in [1.165, 1.54) is 26.1 Å². The molecule has 362 valence electrons. The number of likely N-dealkylation sites (N-methyl/N-ethyl adjacent to an activating group) is 1. The Morgan fingerprint density at radius 3 is 2.57 bits per heavy atom. The van der Waals surface area contributed by atoms with Gasteiger partial charge in [-0.05, 0) is 96.0 Å². The fourth-order valence-electron chi connectivity index (χ4n) is 9.63. The molecule has 5 atom stereocenters. The number of thiazole rings is 1. The normalized spacial score (nSPS) is 21.2. The number of methoxy groups -OCH3 is 1. The Morgan fingerprint density at radius 1 is 1.10 bits per heavy atom. The zero-order valence-corrected chi connectivity index (χ0v) is 41.8. The summed E-state index contributed by atoms with van der Waals surface area (Å²) in [6, 6.07) is 7.58. The van der Waals surface area contributed by atoms with Crippen molar-refractivity contribution >= 4 is 52.0 Å². The summed E-state index contributed by atoms with van der Waals surface area (Å²) >= 11 is 1.40. The lowest BCUT2D eigenvalue weighted by atomic mass is 9.84. The molecule has 4 amide bonds. The van der Waals surface area contributed by atoms with Crippen LogP contribution < -0.4 is 10.7 Å². The maximum Gasteiger partial charge on any atom is 0.410 e. The monoisotopic (exact) mass is 940 g/mol. The van der Waals surface area contributed by atoms with Gasteiger partial charge in [0.1, 0.15) is 23.7 Å². The van der Waals surface area contributed by atoms with Crippen LogP contribution in [-0.4, -0.2) is 123 Å². The maximum absolute atomic E-state index is 14.7. The SMILES string of the molecule is CCn1c(-c2cccnc2[C@H](C)OC)c2c3cc(ccc31)-c1csc(n1)C[C@H](NC(=O)[C@H](C(C)C)N(C)C(=O)C1CCN(C(=O)OC(C)(C)C)C1)C(=O)N1CCC[C@H](N1)C(=O)OCC(C)(C)C2.